The van der Waals surface area contributed by atoms with Gasteiger partial charge in [0.15, 0.2) is 11.5 Å². The van der Waals surface area contributed by atoms with E-state index in [1.807, 2.05) is 30.3 Å². The van der Waals surface area contributed by atoms with Crippen molar-refractivity contribution in [1.29, 1.82) is 0 Å². The van der Waals surface area contributed by atoms with Crippen molar-refractivity contribution in [1.82, 2.24) is 5.16 Å². The topological polar surface area (TPSA) is 81.9 Å². The number of methoxy groups -OCH3 is 1. The van der Waals surface area contributed by atoms with E-state index in [0.29, 0.717) is 17.2 Å². The summed E-state index contributed by atoms with van der Waals surface area (Å²) in [6.45, 7) is 0.0239. The lowest BCUT2D eigenvalue weighted by Crippen LogP contribution is -2.47. The third-order valence-corrected chi connectivity index (χ3v) is 4.27. The van der Waals surface area contributed by atoms with E-state index in [1.165, 1.54) is 12.0 Å². The van der Waals surface area contributed by atoms with Crippen LogP contribution in [0.15, 0.2) is 65.2 Å². The molecular formula is C20H16N2O5. The van der Waals surface area contributed by atoms with Crippen molar-refractivity contribution in [3.63, 3.8) is 0 Å². The predicted molar refractivity (Wildman–Crippen MR) is 96.5 cm³/mol. The van der Waals surface area contributed by atoms with Gasteiger partial charge in [-0.2, -0.15) is 0 Å². The monoisotopic (exact) mass is 364 g/mol. The maximum absolute atomic E-state index is 13.1. The molecule has 4 rings (SSSR count). The second kappa shape index (κ2) is 6.95. The molecule has 2 aromatic carbocycles. The van der Waals surface area contributed by atoms with E-state index >= 15 is 0 Å². The number of hydrogen-bond donors (Lipinski definition) is 0. The average Bonchev–Trinajstić information content (AvgIpc) is 3.22. The molecule has 0 N–H and O–H groups in total. The van der Waals surface area contributed by atoms with Crippen LogP contribution in [0.5, 0.6) is 5.75 Å². The van der Waals surface area contributed by atoms with Crippen LogP contribution in [0, 0.1) is 0 Å². The van der Waals surface area contributed by atoms with Crippen LogP contribution in [0.4, 0.5) is 5.69 Å². The zero-order chi connectivity index (χ0) is 18.8. The molecule has 2 heterocycles. The Bertz CT molecular complexity index is 983. The number of anilines is 1. The molecule has 1 amide bonds. The van der Waals surface area contributed by atoms with Crippen molar-refractivity contribution in [2.75, 3.05) is 18.6 Å². The quantitative estimate of drug-likeness (QED) is 0.665. The molecule has 3 aromatic rings. The summed E-state index contributed by atoms with van der Waals surface area (Å²) in [5, 5.41) is 3.91. The minimum Gasteiger partial charge on any atom is -0.475 e. The third kappa shape index (κ3) is 3.15. The Hall–Kier alpha value is -3.61. The van der Waals surface area contributed by atoms with Gasteiger partial charge in [-0.3, -0.25) is 9.69 Å². The van der Waals surface area contributed by atoms with Gasteiger partial charge in [-0.25, -0.2) is 4.79 Å². The second-order valence-electron chi connectivity index (χ2n) is 5.96. The van der Waals surface area contributed by atoms with Gasteiger partial charge in [-0.05, 0) is 12.1 Å². The molecule has 0 bridgehead atoms. The van der Waals surface area contributed by atoms with Crippen LogP contribution in [0.2, 0.25) is 0 Å². The van der Waals surface area contributed by atoms with Crippen molar-refractivity contribution >= 4 is 17.6 Å². The highest BCUT2D eigenvalue weighted by molar-refractivity contribution is 6.07. The largest absolute Gasteiger partial charge is 0.475 e. The number of aromatic nitrogens is 1. The molecule has 1 atom stereocenters. The molecule has 1 aromatic heterocycles. The fraction of sp³-hybridized carbons (Fsp3) is 0.150. The number of hydrogen-bond acceptors (Lipinski definition) is 6. The van der Waals surface area contributed by atoms with Gasteiger partial charge in [0.1, 0.15) is 5.75 Å². The van der Waals surface area contributed by atoms with Crippen LogP contribution >= 0.6 is 0 Å². The number of amides is 1. The Morgan fingerprint density at radius 3 is 2.63 bits per heavy atom. The van der Waals surface area contributed by atoms with Crippen LogP contribution < -0.4 is 9.64 Å². The molecule has 7 heteroatoms. The Balaban J connectivity index is 1.66. The van der Waals surface area contributed by atoms with Crippen LogP contribution in [-0.4, -0.2) is 36.8 Å². The summed E-state index contributed by atoms with van der Waals surface area (Å²) in [4.78, 5) is 26.5. The maximum Gasteiger partial charge on any atom is 0.348 e. The van der Waals surface area contributed by atoms with Crippen molar-refractivity contribution < 1.29 is 23.6 Å². The number of carbonyl (C=O) groups is 2. The predicted octanol–water partition coefficient (Wildman–Crippen LogP) is 2.92. The van der Waals surface area contributed by atoms with Gasteiger partial charge in [0.05, 0.1) is 19.3 Å². The van der Waals surface area contributed by atoms with Gasteiger partial charge in [-0.15, -0.1) is 0 Å². The van der Waals surface area contributed by atoms with Gasteiger partial charge in [0, 0.05) is 11.6 Å². The highest BCUT2D eigenvalue weighted by Crippen LogP contribution is 2.34. The SMILES string of the molecule is COC(=O)C1CN(C(=O)c2cc(-c3ccccc3)on2)c2ccccc2O1. The average molecular weight is 364 g/mol. The summed E-state index contributed by atoms with van der Waals surface area (Å²) < 4.78 is 15.8. The summed E-state index contributed by atoms with van der Waals surface area (Å²) in [5.41, 5.74) is 1.53. The van der Waals surface area contributed by atoms with Crippen LogP contribution in [0.25, 0.3) is 11.3 Å². The molecule has 1 aliphatic heterocycles. The van der Waals surface area contributed by atoms with E-state index in [4.69, 9.17) is 14.0 Å². The van der Waals surface area contributed by atoms with E-state index in [1.54, 1.807) is 30.3 Å². The minimum absolute atomic E-state index is 0.0239. The summed E-state index contributed by atoms with van der Waals surface area (Å²) in [6, 6.07) is 18.0. The fourth-order valence-corrected chi connectivity index (χ4v) is 2.93. The maximum atomic E-state index is 13.1. The van der Waals surface area contributed by atoms with E-state index < -0.39 is 12.1 Å². The molecule has 0 radical (unpaired) electrons. The molecular weight excluding hydrogens is 348 g/mol. The van der Waals surface area contributed by atoms with Gasteiger partial charge >= 0.3 is 5.97 Å². The first-order chi connectivity index (χ1) is 13.2. The molecule has 0 saturated carbocycles. The lowest BCUT2D eigenvalue weighted by molar-refractivity contribution is -0.148. The molecule has 7 nitrogen and oxygen atoms in total. The van der Waals surface area contributed by atoms with Crippen LogP contribution in [-0.2, 0) is 9.53 Å². The normalized spacial score (nSPS) is 15.6. The van der Waals surface area contributed by atoms with Crippen LogP contribution in [0.3, 0.4) is 0 Å². The Labute approximate surface area is 155 Å². The first-order valence-electron chi connectivity index (χ1n) is 8.35. The van der Waals surface area contributed by atoms with Gasteiger partial charge in [0.25, 0.3) is 5.91 Å². The van der Waals surface area contributed by atoms with Crippen molar-refractivity contribution in [3.05, 3.63) is 66.4 Å². The Morgan fingerprint density at radius 1 is 1.11 bits per heavy atom. The van der Waals surface area contributed by atoms with Gasteiger partial charge in [0.2, 0.25) is 6.10 Å². The zero-order valence-electron chi connectivity index (χ0n) is 14.5. The number of rotatable bonds is 3. The Kier molecular flexibility index (Phi) is 4.33. The first kappa shape index (κ1) is 16.8. The van der Waals surface area contributed by atoms with Crippen LogP contribution in [0.1, 0.15) is 10.5 Å². The van der Waals surface area contributed by atoms with E-state index in [9.17, 15) is 9.59 Å². The number of benzene rings is 2. The lowest BCUT2D eigenvalue weighted by Gasteiger charge is -2.33. The van der Waals surface area contributed by atoms with Crippen molar-refractivity contribution in [2.24, 2.45) is 0 Å². The lowest BCUT2D eigenvalue weighted by atomic mass is 10.1. The highest BCUT2D eigenvalue weighted by atomic mass is 16.6. The van der Waals surface area contributed by atoms with Gasteiger partial charge in [-0.1, -0.05) is 47.6 Å². The number of esters is 1. The summed E-state index contributed by atoms with van der Waals surface area (Å²) in [6.07, 6.45) is -0.908. The van der Waals surface area contributed by atoms with Crippen molar-refractivity contribution in [3.8, 4) is 17.1 Å². The van der Waals surface area contributed by atoms with E-state index in [0.717, 1.165) is 5.56 Å². The molecule has 0 aliphatic carbocycles. The highest BCUT2D eigenvalue weighted by Gasteiger charge is 2.35. The fourth-order valence-electron chi connectivity index (χ4n) is 2.93. The standard InChI is InChI=1S/C20H16N2O5/c1-25-20(24)18-12-22(15-9-5-6-10-16(15)26-18)19(23)14-11-17(27-21-14)13-7-3-2-4-8-13/h2-11,18H,12H2,1H3. The van der Waals surface area contributed by atoms with Crippen molar-refractivity contribution in [2.45, 2.75) is 6.10 Å². The summed E-state index contributed by atoms with van der Waals surface area (Å²) in [7, 11) is 1.28. The van der Waals surface area contributed by atoms with Gasteiger partial charge < -0.3 is 14.0 Å². The first-order valence-corrected chi connectivity index (χ1v) is 8.35. The summed E-state index contributed by atoms with van der Waals surface area (Å²) in [5.74, 6) is -0.0118. The molecule has 1 aliphatic rings. The molecule has 27 heavy (non-hydrogen) atoms. The number of fused-ring (bicyclic) bond motifs is 1. The second-order valence-corrected chi connectivity index (χ2v) is 5.96. The smallest absolute Gasteiger partial charge is 0.348 e. The molecule has 0 saturated heterocycles. The number of carbonyl (C=O) groups excluding carboxylic acids is 2. The number of ether oxygens (including phenoxy) is 2. The third-order valence-electron chi connectivity index (χ3n) is 4.27. The number of para-hydroxylation sites is 2. The van der Waals surface area contributed by atoms with E-state index in [-0.39, 0.29) is 18.1 Å². The molecule has 1 unspecified atom stereocenters. The zero-order valence-corrected chi connectivity index (χ0v) is 14.5. The van der Waals surface area contributed by atoms with E-state index in [2.05, 4.69) is 5.16 Å². The molecule has 0 spiro atoms. The number of nitrogens with zero attached hydrogens (tertiary/aromatic N) is 2. The minimum atomic E-state index is -0.908. The molecule has 136 valence electrons. The molecule has 0 fully saturated rings. The Morgan fingerprint density at radius 2 is 1.85 bits per heavy atom. The summed E-state index contributed by atoms with van der Waals surface area (Å²) >= 11 is 0.